The summed E-state index contributed by atoms with van der Waals surface area (Å²) in [6.45, 7) is 4.17. The van der Waals surface area contributed by atoms with Crippen molar-refractivity contribution in [1.29, 1.82) is 0 Å². The third kappa shape index (κ3) is 7.03. The molecule has 1 amide bonds. The zero-order valence-corrected chi connectivity index (χ0v) is 20.6. The molecule has 1 aliphatic heterocycles. The van der Waals surface area contributed by atoms with E-state index in [1.165, 1.54) is 0 Å². The van der Waals surface area contributed by atoms with E-state index in [0.29, 0.717) is 26.2 Å². The summed E-state index contributed by atoms with van der Waals surface area (Å²) >= 11 is 1.69. The molecule has 4 nitrogen and oxygen atoms in total. The van der Waals surface area contributed by atoms with Crippen LogP contribution in [0.5, 0.6) is 0 Å². The third-order valence-electron chi connectivity index (χ3n) is 6.77. The third-order valence-corrected chi connectivity index (χ3v) is 8.10. The van der Waals surface area contributed by atoms with Crippen LogP contribution < -0.4 is 5.32 Å². The van der Waals surface area contributed by atoms with Crippen molar-refractivity contribution in [2.24, 2.45) is 0 Å². The van der Waals surface area contributed by atoms with Gasteiger partial charge in [-0.05, 0) is 37.5 Å². The van der Waals surface area contributed by atoms with Gasteiger partial charge in [-0.1, -0.05) is 18.9 Å². The number of carbonyl (C=O) groups is 1. The lowest BCUT2D eigenvalue weighted by Crippen LogP contribution is -2.62. The molecular weight excluding hydrogens is 518 g/mol. The molecular formula is C23H29F8N3OS. The van der Waals surface area contributed by atoms with Crippen molar-refractivity contribution in [3.05, 3.63) is 34.9 Å². The van der Waals surface area contributed by atoms with E-state index < -0.39 is 59.3 Å². The topological polar surface area (TPSA) is 35.6 Å². The van der Waals surface area contributed by atoms with Gasteiger partial charge in [-0.15, -0.1) is 0 Å². The average Bonchev–Trinajstić information content (AvgIpc) is 2.81. The summed E-state index contributed by atoms with van der Waals surface area (Å²) in [6.07, 6.45) is -9.85. The summed E-state index contributed by atoms with van der Waals surface area (Å²) in [5.74, 6) is -3.26. The molecule has 0 radical (unpaired) electrons. The summed E-state index contributed by atoms with van der Waals surface area (Å²) < 4.78 is 110. The maximum absolute atomic E-state index is 14.0. The maximum atomic E-state index is 14.0. The minimum Gasteiger partial charge on any atom is -0.350 e. The zero-order valence-electron chi connectivity index (χ0n) is 19.7. The number of amides is 1. The molecule has 1 heterocycles. The molecule has 204 valence electrons. The van der Waals surface area contributed by atoms with Crippen LogP contribution in [0.1, 0.15) is 60.5 Å². The molecule has 36 heavy (non-hydrogen) atoms. The fourth-order valence-corrected chi connectivity index (χ4v) is 5.56. The van der Waals surface area contributed by atoms with E-state index in [1.807, 2.05) is 4.90 Å². The fourth-order valence-electron chi connectivity index (χ4n) is 4.69. The first kappa shape index (κ1) is 29.0. The van der Waals surface area contributed by atoms with Gasteiger partial charge in [0, 0.05) is 56.9 Å². The maximum Gasteiger partial charge on any atom is 0.417 e. The molecule has 1 saturated heterocycles. The Morgan fingerprint density at radius 3 is 2.11 bits per heavy atom. The van der Waals surface area contributed by atoms with E-state index in [-0.39, 0.29) is 37.6 Å². The summed E-state index contributed by atoms with van der Waals surface area (Å²) in [4.78, 5) is 14.8. The van der Waals surface area contributed by atoms with Gasteiger partial charge in [0.05, 0.1) is 16.7 Å². The molecule has 1 aromatic carbocycles. The lowest BCUT2D eigenvalue weighted by molar-refractivity contribution is -0.141. The van der Waals surface area contributed by atoms with Gasteiger partial charge in [0.1, 0.15) is 0 Å². The molecule has 0 bridgehead atoms. The van der Waals surface area contributed by atoms with Crippen molar-refractivity contribution in [1.82, 2.24) is 14.5 Å². The number of alkyl halides is 8. The van der Waals surface area contributed by atoms with Crippen LogP contribution in [0, 0.1) is 0 Å². The highest BCUT2D eigenvalue weighted by atomic mass is 32.2. The molecule has 1 aromatic rings. The zero-order chi connectivity index (χ0) is 26.8. The Morgan fingerprint density at radius 1 is 0.972 bits per heavy atom. The second kappa shape index (κ2) is 11.0. The first-order chi connectivity index (χ1) is 16.7. The van der Waals surface area contributed by atoms with Gasteiger partial charge in [0.15, 0.2) is 0 Å². The molecule has 3 rings (SSSR count). The molecule has 1 saturated carbocycles. The number of nitrogens with one attached hydrogen (secondary N) is 1. The number of piperazine rings is 1. The van der Waals surface area contributed by atoms with E-state index in [2.05, 4.69) is 16.5 Å². The number of rotatable bonds is 7. The Morgan fingerprint density at radius 2 is 1.58 bits per heavy atom. The number of benzene rings is 1. The molecule has 0 unspecified atom stereocenters. The van der Waals surface area contributed by atoms with Crippen LogP contribution in [0.25, 0.3) is 0 Å². The van der Waals surface area contributed by atoms with E-state index in [0.717, 1.165) is 12.2 Å². The van der Waals surface area contributed by atoms with Crippen LogP contribution in [-0.4, -0.2) is 65.1 Å². The van der Waals surface area contributed by atoms with Crippen LogP contribution >= 0.6 is 11.9 Å². The lowest BCUT2D eigenvalue weighted by atomic mass is 9.78. The van der Waals surface area contributed by atoms with Gasteiger partial charge < -0.3 is 5.32 Å². The van der Waals surface area contributed by atoms with Crippen LogP contribution in [0.15, 0.2) is 18.2 Å². The number of hydrogen-bond donors (Lipinski definition) is 1. The van der Waals surface area contributed by atoms with Gasteiger partial charge >= 0.3 is 12.4 Å². The Labute approximate surface area is 208 Å². The summed E-state index contributed by atoms with van der Waals surface area (Å²) in [5, 5.41) is 2.36. The van der Waals surface area contributed by atoms with E-state index in [1.54, 1.807) is 11.9 Å². The summed E-state index contributed by atoms with van der Waals surface area (Å²) in [6, 6.07) is 0.700. The first-order valence-corrected chi connectivity index (χ1v) is 12.7. The first-order valence-electron chi connectivity index (χ1n) is 11.7. The number of carbonyl (C=O) groups excluding carboxylic acids is 1. The Balaban J connectivity index is 1.81. The highest BCUT2D eigenvalue weighted by Crippen LogP contribution is 2.42. The molecule has 2 aliphatic rings. The molecule has 0 aromatic heterocycles. The highest BCUT2D eigenvalue weighted by molar-refractivity contribution is 7.97. The number of nitrogens with zero attached hydrogens (tertiary/aromatic N) is 2. The number of hydrogen-bond acceptors (Lipinski definition) is 4. The predicted molar refractivity (Wildman–Crippen MR) is 121 cm³/mol. The van der Waals surface area contributed by atoms with E-state index >= 15 is 0 Å². The standard InChI is InChI=1S/C23H29F8N3OS/c1-2-13-36-34-11-9-33(10-12-34)20(5-7-21(24,25)8-6-20)15-32-19(35)17-14-16(22(26,27)28)3-4-18(17)23(29,30)31/h3-4,14H,2,5-13,15H2,1H3,(H,32,35). The lowest BCUT2D eigenvalue weighted by Gasteiger charge is -2.50. The second-order valence-corrected chi connectivity index (χ2v) is 10.5. The highest BCUT2D eigenvalue weighted by Gasteiger charge is 2.47. The fraction of sp³-hybridized carbons (Fsp3) is 0.696. The van der Waals surface area contributed by atoms with Gasteiger partial charge in [0.2, 0.25) is 5.92 Å². The average molecular weight is 548 g/mol. The largest absolute Gasteiger partial charge is 0.417 e. The van der Waals surface area contributed by atoms with Gasteiger partial charge in [-0.2, -0.15) is 26.3 Å². The normalized spacial score (nSPS) is 21.4. The molecule has 2 fully saturated rings. The quantitative estimate of drug-likeness (QED) is 0.332. The van der Waals surface area contributed by atoms with Crippen molar-refractivity contribution in [3.8, 4) is 0 Å². The van der Waals surface area contributed by atoms with Crippen LogP contribution in [0.2, 0.25) is 0 Å². The SMILES string of the molecule is CCCSN1CCN(C2(CNC(=O)c3cc(C(F)(F)F)ccc3C(F)(F)F)CCC(F)(F)CC2)CC1. The monoisotopic (exact) mass is 547 g/mol. The van der Waals surface area contributed by atoms with E-state index in [4.69, 9.17) is 0 Å². The second-order valence-electron chi connectivity index (χ2n) is 9.27. The van der Waals surface area contributed by atoms with Crippen molar-refractivity contribution >= 4 is 17.9 Å². The van der Waals surface area contributed by atoms with Crippen molar-refractivity contribution < 1.29 is 39.9 Å². The molecule has 1 N–H and O–H groups in total. The summed E-state index contributed by atoms with van der Waals surface area (Å²) in [7, 11) is 0. The van der Waals surface area contributed by atoms with Crippen LogP contribution in [-0.2, 0) is 12.4 Å². The Bertz CT molecular complexity index is 904. The van der Waals surface area contributed by atoms with Crippen molar-refractivity contribution in [3.63, 3.8) is 0 Å². The van der Waals surface area contributed by atoms with Gasteiger partial charge in [0.25, 0.3) is 5.91 Å². The minimum atomic E-state index is -5.05. The smallest absolute Gasteiger partial charge is 0.350 e. The summed E-state index contributed by atoms with van der Waals surface area (Å²) in [5.41, 5.74) is -4.93. The van der Waals surface area contributed by atoms with E-state index in [9.17, 15) is 39.9 Å². The van der Waals surface area contributed by atoms with Crippen LogP contribution in [0.3, 0.4) is 0 Å². The minimum absolute atomic E-state index is 0.0110. The Kier molecular flexibility index (Phi) is 8.87. The van der Waals surface area contributed by atoms with Gasteiger partial charge in [-0.3, -0.25) is 9.69 Å². The number of halogens is 8. The van der Waals surface area contributed by atoms with Crippen LogP contribution in [0.4, 0.5) is 35.1 Å². The predicted octanol–water partition coefficient (Wildman–Crippen LogP) is 6.08. The van der Waals surface area contributed by atoms with Crippen molar-refractivity contribution in [2.45, 2.75) is 62.8 Å². The molecule has 0 atom stereocenters. The molecule has 13 heteroatoms. The molecule has 1 aliphatic carbocycles. The Hall–Kier alpha value is -1.60. The van der Waals surface area contributed by atoms with Crippen molar-refractivity contribution in [2.75, 3.05) is 38.5 Å². The molecule has 0 spiro atoms. The van der Waals surface area contributed by atoms with Gasteiger partial charge in [-0.25, -0.2) is 13.1 Å².